The number of pyridine rings is 1. The molecule has 17 heavy (non-hydrogen) atoms. The van der Waals surface area contributed by atoms with Crippen molar-refractivity contribution < 1.29 is 4.74 Å². The van der Waals surface area contributed by atoms with E-state index in [0.717, 1.165) is 32.0 Å². The Morgan fingerprint density at radius 1 is 1.24 bits per heavy atom. The van der Waals surface area contributed by atoms with Crippen molar-refractivity contribution >= 4 is 16.6 Å². The zero-order chi connectivity index (χ0) is 11.9. The van der Waals surface area contributed by atoms with Crippen LogP contribution in [0.5, 0.6) is 0 Å². The van der Waals surface area contributed by atoms with Gasteiger partial charge in [0.15, 0.2) is 0 Å². The van der Waals surface area contributed by atoms with Crippen LogP contribution in [0.15, 0.2) is 36.5 Å². The number of fused-ring (bicyclic) bond motifs is 1. The standard InChI is InChI=1S/C14H18N2O/c1-2-17-11-5-9-15-14-13-7-4-3-6-12(13)8-10-16-14/h3-4,6-8,10H,2,5,9,11H2,1H3,(H,15,16). The fourth-order valence-corrected chi connectivity index (χ4v) is 1.79. The van der Waals surface area contributed by atoms with Crippen molar-refractivity contribution in [2.75, 3.05) is 25.1 Å². The van der Waals surface area contributed by atoms with Gasteiger partial charge in [0.05, 0.1) is 0 Å². The lowest BCUT2D eigenvalue weighted by Crippen LogP contribution is -2.07. The summed E-state index contributed by atoms with van der Waals surface area (Å²) in [5, 5.41) is 5.75. The highest BCUT2D eigenvalue weighted by Crippen LogP contribution is 2.19. The quantitative estimate of drug-likeness (QED) is 0.774. The van der Waals surface area contributed by atoms with Gasteiger partial charge in [-0.1, -0.05) is 24.3 Å². The maximum Gasteiger partial charge on any atom is 0.133 e. The monoisotopic (exact) mass is 230 g/mol. The highest BCUT2D eigenvalue weighted by molar-refractivity contribution is 5.91. The Balaban J connectivity index is 1.98. The van der Waals surface area contributed by atoms with Crippen LogP contribution < -0.4 is 5.32 Å². The molecule has 0 bridgehead atoms. The van der Waals surface area contributed by atoms with Gasteiger partial charge in [0.1, 0.15) is 5.82 Å². The third kappa shape index (κ3) is 3.17. The van der Waals surface area contributed by atoms with Crippen LogP contribution in [-0.2, 0) is 4.74 Å². The fraction of sp³-hybridized carbons (Fsp3) is 0.357. The van der Waals surface area contributed by atoms with E-state index in [2.05, 4.69) is 22.4 Å². The van der Waals surface area contributed by atoms with E-state index in [1.807, 2.05) is 31.3 Å². The van der Waals surface area contributed by atoms with Crippen molar-refractivity contribution in [2.45, 2.75) is 13.3 Å². The summed E-state index contributed by atoms with van der Waals surface area (Å²) in [7, 11) is 0. The fourth-order valence-electron chi connectivity index (χ4n) is 1.79. The Labute approximate surface area is 102 Å². The summed E-state index contributed by atoms with van der Waals surface area (Å²) < 4.78 is 5.30. The first-order valence-corrected chi connectivity index (χ1v) is 6.07. The molecule has 0 aliphatic rings. The minimum atomic E-state index is 0.784. The molecule has 0 saturated heterocycles. The molecule has 0 radical (unpaired) electrons. The molecule has 0 aliphatic carbocycles. The molecular formula is C14H18N2O. The second kappa shape index (κ2) is 6.21. The first kappa shape index (κ1) is 11.9. The Morgan fingerprint density at radius 3 is 3.00 bits per heavy atom. The van der Waals surface area contributed by atoms with E-state index >= 15 is 0 Å². The summed E-state index contributed by atoms with van der Waals surface area (Å²) in [6.07, 6.45) is 2.84. The Kier molecular flexibility index (Phi) is 4.33. The van der Waals surface area contributed by atoms with Crippen molar-refractivity contribution in [1.82, 2.24) is 4.98 Å². The zero-order valence-electron chi connectivity index (χ0n) is 10.1. The number of hydrogen-bond acceptors (Lipinski definition) is 3. The average molecular weight is 230 g/mol. The van der Waals surface area contributed by atoms with Crippen LogP contribution in [0.3, 0.4) is 0 Å². The maximum atomic E-state index is 5.30. The van der Waals surface area contributed by atoms with Crippen LogP contribution in [0, 0.1) is 0 Å². The zero-order valence-corrected chi connectivity index (χ0v) is 10.1. The van der Waals surface area contributed by atoms with E-state index in [-0.39, 0.29) is 0 Å². The van der Waals surface area contributed by atoms with Crippen LogP contribution in [0.2, 0.25) is 0 Å². The third-order valence-electron chi connectivity index (χ3n) is 2.64. The molecule has 1 heterocycles. The van der Waals surface area contributed by atoms with Gasteiger partial charge in [-0.05, 0) is 24.8 Å². The van der Waals surface area contributed by atoms with Crippen molar-refractivity contribution in [2.24, 2.45) is 0 Å². The van der Waals surface area contributed by atoms with Gasteiger partial charge >= 0.3 is 0 Å². The smallest absolute Gasteiger partial charge is 0.133 e. The molecule has 2 rings (SSSR count). The van der Waals surface area contributed by atoms with Crippen molar-refractivity contribution in [3.8, 4) is 0 Å². The van der Waals surface area contributed by atoms with Gasteiger partial charge in [-0.25, -0.2) is 4.98 Å². The summed E-state index contributed by atoms with van der Waals surface area (Å²) in [6, 6.07) is 10.3. The van der Waals surface area contributed by atoms with Gasteiger partial charge in [-0.2, -0.15) is 0 Å². The number of nitrogens with one attached hydrogen (secondary N) is 1. The highest BCUT2D eigenvalue weighted by Gasteiger charge is 2.00. The molecule has 0 spiro atoms. The molecule has 2 aromatic rings. The molecule has 3 nitrogen and oxygen atoms in total. The number of aromatic nitrogens is 1. The molecular weight excluding hydrogens is 212 g/mol. The van der Waals surface area contributed by atoms with Gasteiger partial charge in [0, 0.05) is 31.3 Å². The predicted molar refractivity (Wildman–Crippen MR) is 71.3 cm³/mol. The lowest BCUT2D eigenvalue weighted by molar-refractivity contribution is 0.147. The normalized spacial score (nSPS) is 10.6. The second-order valence-corrected chi connectivity index (χ2v) is 3.86. The molecule has 3 heteroatoms. The Bertz CT molecular complexity index is 465. The largest absolute Gasteiger partial charge is 0.382 e. The Hall–Kier alpha value is -1.61. The summed E-state index contributed by atoms with van der Waals surface area (Å²) in [5.41, 5.74) is 0. The van der Waals surface area contributed by atoms with E-state index in [0.29, 0.717) is 0 Å². The van der Waals surface area contributed by atoms with Crippen molar-refractivity contribution in [3.05, 3.63) is 36.5 Å². The van der Waals surface area contributed by atoms with Gasteiger partial charge in [-0.15, -0.1) is 0 Å². The van der Waals surface area contributed by atoms with E-state index in [1.165, 1.54) is 10.8 Å². The van der Waals surface area contributed by atoms with Crippen LogP contribution in [0.4, 0.5) is 5.82 Å². The molecule has 0 atom stereocenters. The average Bonchev–Trinajstić information content (AvgIpc) is 2.39. The lowest BCUT2D eigenvalue weighted by atomic mass is 10.1. The van der Waals surface area contributed by atoms with Crippen LogP contribution in [0.1, 0.15) is 13.3 Å². The van der Waals surface area contributed by atoms with E-state index in [1.54, 1.807) is 0 Å². The molecule has 90 valence electrons. The van der Waals surface area contributed by atoms with Gasteiger partial charge < -0.3 is 10.1 Å². The third-order valence-corrected chi connectivity index (χ3v) is 2.64. The first-order chi connectivity index (χ1) is 8.42. The van der Waals surface area contributed by atoms with Crippen LogP contribution in [-0.4, -0.2) is 24.7 Å². The summed E-state index contributed by atoms with van der Waals surface area (Å²) in [6.45, 7) is 4.49. The van der Waals surface area contributed by atoms with Crippen molar-refractivity contribution in [3.63, 3.8) is 0 Å². The predicted octanol–water partition coefficient (Wildman–Crippen LogP) is 3.07. The number of anilines is 1. The number of rotatable bonds is 6. The Morgan fingerprint density at radius 2 is 2.12 bits per heavy atom. The molecule has 0 fully saturated rings. The topological polar surface area (TPSA) is 34.1 Å². The number of benzene rings is 1. The molecule has 0 amide bonds. The molecule has 1 aromatic carbocycles. The van der Waals surface area contributed by atoms with E-state index in [9.17, 15) is 0 Å². The second-order valence-electron chi connectivity index (χ2n) is 3.86. The number of hydrogen-bond donors (Lipinski definition) is 1. The first-order valence-electron chi connectivity index (χ1n) is 6.07. The number of ether oxygens (including phenoxy) is 1. The van der Waals surface area contributed by atoms with Gasteiger partial charge in [-0.3, -0.25) is 0 Å². The highest BCUT2D eigenvalue weighted by atomic mass is 16.5. The van der Waals surface area contributed by atoms with Gasteiger partial charge in [0.25, 0.3) is 0 Å². The maximum absolute atomic E-state index is 5.30. The summed E-state index contributed by atoms with van der Waals surface area (Å²) >= 11 is 0. The molecule has 0 aliphatic heterocycles. The molecule has 0 saturated carbocycles. The minimum absolute atomic E-state index is 0.784. The summed E-state index contributed by atoms with van der Waals surface area (Å²) in [4.78, 5) is 4.37. The number of nitrogens with zero attached hydrogens (tertiary/aromatic N) is 1. The molecule has 0 unspecified atom stereocenters. The SMILES string of the molecule is CCOCCCNc1nccc2ccccc12. The van der Waals surface area contributed by atoms with Crippen LogP contribution in [0.25, 0.3) is 10.8 Å². The van der Waals surface area contributed by atoms with E-state index < -0.39 is 0 Å². The molecule has 1 N–H and O–H groups in total. The van der Waals surface area contributed by atoms with Crippen molar-refractivity contribution in [1.29, 1.82) is 0 Å². The van der Waals surface area contributed by atoms with Gasteiger partial charge in [0.2, 0.25) is 0 Å². The van der Waals surface area contributed by atoms with Crippen LogP contribution >= 0.6 is 0 Å². The molecule has 1 aromatic heterocycles. The lowest BCUT2D eigenvalue weighted by Gasteiger charge is -2.08. The minimum Gasteiger partial charge on any atom is -0.382 e. The van der Waals surface area contributed by atoms with E-state index in [4.69, 9.17) is 4.74 Å². The summed E-state index contributed by atoms with van der Waals surface area (Å²) in [5.74, 6) is 0.958.